The van der Waals surface area contributed by atoms with E-state index in [9.17, 15) is 4.79 Å². The molecule has 114 valence electrons. The van der Waals surface area contributed by atoms with Gasteiger partial charge in [0.2, 0.25) is 5.91 Å². The van der Waals surface area contributed by atoms with Gasteiger partial charge in [0, 0.05) is 18.6 Å². The third kappa shape index (κ3) is 3.01. The molecule has 4 nitrogen and oxygen atoms in total. The highest BCUT2D eigenvalue weighted by Gasteiger charge is 2.38. The lowest BCUT2D eigenvalue weighted by molar-refractivity contribution is -0.123. The Bertz CT molecular complexity index is 333. The van der Waals surface area contributed by atoms with E-state index >= 15 is 0 Å². The zero-order valence-electron chi connectivity index (χ0n) is 12.7. The maximum Gasteiger partial charge on any atom is 0.237 e. The van der Waals surface area contributed by atoms with Crippen molar-refractivity contribution in [1.29, 1.82) is 0 Å². The maximum absolute atomic E-state index is 12.3. The standard InChI is InChI=1S/C16H29N3O/c1-2-19-9-5-7-13(19)11-17-16(20)15-10-12-6-3-4-8-14(12)18-15/h12-15,18H,2-11H2,1H3,(H,17,20). The first-order chi connectivity index (χ1) is 9.78. The summed E-state index contributed by atoms with van der Waals surface area (Å²) in [5, 5.41) is 6.77. The first-order valence-electron chi connectivity index (χ1n) is 8.55. The fraction of sp³-hybridized carbons (Fsp3) is 0.938. The van der Waals surface area contributed by atoms with Crippen molar-refractivity contribution >= 4 is 5.91 Å². The van der Waals surface area contributed by atoms with Crippen LogP contribution in [0.2, 0.25) is 0 Å². The molecule has 2 saturated heterocycles. The molecule has 0 radical (unpaired) electrons. The molecule has 3 rings (SSSR count). The highest BCUT2D eigenvalue weighted by molar-refractivity contribution is 5.82. The molecule has 4 heteroatoms. The molecule has 4 atom stereocenters. The van der Waals surface area contributed by atoms with E-state index in [1.54, 1.807) is 0 Å². The smallest absolute Gasteiger partial charge is 0.237 e. The number of likely N-dealkylation sites (tertiary alicyclic amines) is 1. The Morgan fingerprint density at radius 3 is 2.90 bits per heavy atom. The lowest BCUT2D eigenvalue weighted by Gasteiger charge is -2.24. The summed E-state index contributed by atoms with van der Waals surface area (Å²) in [6.45, 7) is 5.35. The summed E-state index contributed by atoms with van der Waals surface area (Å²) in [5.41, 5.74) is 0. The number of hydrogen-bond donors (Lipinski definition) is 2. The third-order valence-electron chi connectivity index (χ3n) is 5.60. The van der Waals surface area contributed by atoms with Gasteiger partial charge in [-0.05, 0) is 51.1 Å². The molecule has 2 N–H and O–H groups in total. The van der Waals surface area contributed by atoms with Crippen LogP contribution in [-0.4, -0.2) is 48.6 Å². The number of likely N-dealkylation sites (N-methyl/N-ethyl adjacent to an activating group) is 1. The number of nitrogens with zero attached hydrogens (tertiary/aromatic N) is 1. The minimum absolute atomic E-state index is 0.0691. The predicted octanol–water partition coefficient (Wildman–Crippen LogP) is 1.51. The molecule has 2 heterocycles. The lowest BCUT2D eigenvalue weighted by atomic mass is 9.85. The summed E-state index contributed by atoms with van der Waals surface area (Å²) in [7, 11) is 0. The molecule has 20 heavy (non-hydrogen) atoms. The quantitative estimate of drug-likeness (QED) is 0.820. The van der Waals surface area contributed by atoms with Crippen LogP contribution in [0.1, 0.15) is 51.9 Å². The van der Waals surface area contributed by atoms with Gasteiger partial charge in [0.15, 0.2) is 0 Å². The summed E-state index contributed by atoms with van der Waals surface area (Å²) in [6.07, 6.45) is 8.82. The van der Waals surface area contributed by atoms with E-state index in [1.165, 1.54) is 45.1 Å². The second-order valence-electron chi connectivity index (χ2n) is 6.78. The predicted molar refractivity (Wildman–Crippen MR) is 80.6 cm³/mol. The zero-order chi connectivity index (χ0) is 13.9. The maximum atomic E-state index is 12.3. The van der Waals surface area contributed by atoms with Crippen molar-refractivity contribution in [3.8, 4) is 0 Å². The van der Waals surface area contributed by atoms with Crippen LogP contribution in [0.3, 0.4) is 0 Å². The van der Waals surface area contributed by atoms with E-state index in [4.69, 9.17) is 0 Å². The Kier molecular flexibility index (Phi) is 4.61. The van der Waals surface area contributed by atoms with Crippen molar-refractivity contribution in [1.82, 2.24) is 15.5 Å². The lowest BCUT2D eigenvalue weighted by Crippen LogP contribution is -2.47. The van der Waals surface area contributed by atoms with Crippen molar-refractivity contribution in [2.24, 2.45) is 5.92 Å². The number of hydrogen-bond acceptors (Lipinski definition) is 3. The average molecular weight is 279 g/mol. The van der Waals surface area contributed by atoms with Crippen molar-refractivity contribution in [3.63, 3.8) is 0 Å². The van der Waals surface area contributed by atoms with E-state index in [0.29, 0.717) is 12.1 Å². The Labute approximate surface area is 122 Å². The second-order valence-corrected chi connectivity index (χ2v) is 6.78. The van der Waals surface area contributed by atoms with Gasteiger partial charge in [-0.15, -0.1) is 0 Å². The molecule has 0 aromatic heterocycles. The van der Waals surface area contributed by atoms with Crippen LogP contribution in [0, 0.1) is 5.92 Å². The van der Waals surface area contributed by atoms with Crippen molar-refractivity contribution < 1.29 is 4.79 Å². The minimum Gasteiger partial charge on any atom is -0.353 e. The van der Waals surface area contributed by atoms with Gasteiger partial charge in [-0.2, -0.15) is 0 Å². The van der Waals surface area contributed by atoms with E-state index < -0.39 is 0 Å². The van der Waals surface area contributed by atoms with Crippen LogP contribution in [0.5, 0.6) is 0 Å². The van der Waals surface area contributed by atoms with Crippen LogP contribution >= 0.6 is 0 Å². The van der Waals surface area contributed by atoms with Gasteiger partial charge in [0.25, 0.3) is 0 Å². The van der Waals surface area contributed by atoms with Gasteiger partial charge in [-0.25, -0.2) is 0 Å². The van der Waals surface area contributed by atoms with Crippen molar-refractivity contribution in [3.05, 3.63) is 0 Å². The summed E-state index contributed by atoms with van der Waals surface area (Å²) in [6, 6.07) is 1.24. The van der Waals surface area contributed by atoms with E-state index in [-0.39, 0.29) is 11.9 Å². The van der Waals surface area contributed by atoms with Gasteiger partial charge in [-0.3, -0.25) is 9.69 Å². The first kappa shape index (κ1) is 14.3. The van der Waals surface area contributed by atoms with Crippen LogP contribution in [-0.2, 0) is 4.79 Å². The highest BCUT2D eigenvalue weighted by Crippen LogP contribution is 2.33. The fourth-order valence-electron chi connectivity index (χ4n) is 4.41. The molecule has 0 aromatic carbocycles. The molecule has 3 aliphatic rings. The first-order valence-corrected chi connectivity index (χ1v) is 8.55. The Morgan fingerprint density at radius 2 is 2.10 bits per heavy atom. The SMILES string of the molecule is CCN1CCCC1CNC(=O)C1CC2CCCCC2N1. The molecule has 2 aliphatic heterocycles. The minimum atomic E-state index is 0.0691. The Morgan fingerprint density at radius 1 is 1.25 bits per heavy atom. The summed E-state index contributed by atoms with van der Waals surface area (Å²) < 4.78 is 0. The number of amides is 1. The normalized spacial score (nSPS) is 37.9. The molecule has 4 unspecified atom stereocenters. The van der Waals surface area contributed by atoms with E-state index in [1.807, 2.05) is 0 Å². The fourth-order valence-corrected chi connectivity index (χ4v) is 4.41. The molecule has 0 spiro atoms. The summed E-state index contributed by atoms with van der Waals surface area (Å²) >= 11 is 0. The Balaban J connectivity index is 1.45. The van der Waals surface area contributed by atoms with Crippen LogP contribution in [0.4, 0.5) is 0 Å². The number of rotatable bonds is 4. The van der Waals surface area contributed by atoms with Crippen molar-refractivity contribution in [2.45, 2.75) is 70.0 Å². The van der Waals surface area contributed by atoms with Crippen LogP contribution in [0.15, 0.2) is 0 Å². The number of carbonyl (C=O) groups excluding carboxylic acids is 1. The summed E-state index contributed by atoms with van der Waals surface area (Å²) in [5.74, 6) is 0.987. The van der Waals surface area contributed by atoms with E-state index in [2.05, 4.69) is 22.5 Å². The largest absolute Gasteiger partial charge is 0.353 e. The molecular formula is C16H29N3O. The molecule has 0 bridgehead atoms. The van der Waals surface area contributed by atoms with Gasteiger partial charge >= 0.3 is 0 Å². The zero-order valence-corrected chi connectivity index (χ0v) is 12.7. The van der Waals surface area contributed by atoms with Gasteiger partial charge in [0.05, 0.1) is 6.04 Å². The average Bonchev–Trinajstić information content (AvgIpc) is 3.10. The topological polar surface area (TPSA) is 44.4 Å². The summed E-state index contributed by atoms with van der Waals surface area (Å²) in [4.78, 5) is 14.8. The second kappa shape index (κ2) is 6.44. The van der Waals surface area contributed by atoms with Crippen LogP contribution < -0.4 is 10.6 Å². The van der Waals surface area contributed by atoms with Crippen LogP contribution in [0.25, 0.3) is 0 Å². The molecule has 1 aliphatic carbocycles. The van der Waals surface area contributed by atoms with Gasteiger partial charge in [-0.1, -0.05) is 19.8 Å². The molecule has 0 aromatic rings. The highest BCUT2D eigenvalue weighted by atomic mass is 16.2. The molecular weight excluding hydrogens is 250 g/mol. The van der Waals surface area contributed by atoms with Crippen molar-refractivity contribution in [2.75, 3.05) is 19.6 Å². The monoisotopic (exact) mass is 279 g/mol. The third-order valence-corrected chi connectivity index (χ3v) is 5.60. The number of carbonyl (C=O) groups is 1. The molecule has 3 fully saturated rings. The van der Waals surface area contributed by atoms with Gasteiger partial charge < -0.3 is 10.6 Å². The number of nitrogens with one attached hydrogen (secondary N) is 2. The Hall–Kier alpha value is -0.610. The molecule has 1 saturated carbocycles. The molecule has 1 amide bonds. The number of fused-ring (bicyclic) bond motifs is 1. The van der Waals surface area contributed by atoms with Gasteiger partial charge in [0.1, 0.15) is 0 Å². The van der Waals surface area contributed by atoms with E-state index in [0.717, 1.165) is 25.4 Å².